The summed E-state index contributed by atoms with van der Waals surface area (Å²) in [6.07, 6.45) is 6.12. The number of allylic oxidation sites excluding steroid dienone is 1. The van der Waals surface area contributed by atoms with Crippen molar-refractivity contribution in [3.8, 4) is 5.82 Å². The fraction of sp³-hybridized carbons (Fsp3) is 0.333. The van der Waals surface area contributed by atoms with Gasteiger partial charge in [0.25, 0.3) is 5.91 Å². The highest BCUT2D eigenvalue weighted by atomic mass is 16.2. The van der Waals surface area contributed by atoms with Crippen LogP contribution in [0, 0.1) is 5.41 Å². The van der Waals surface area contributed by atoms with E-state index in [-0.39, 0.29) is 17.1 Å². The number of aromatic nitrogens is 3. The zero-order valence-electron chi connectivity index (χ0n) is 19.5. The van der Waals surface area contributed by atoms with Crippen molar-refractivity contribution in [3.05, 3.63) is 89.4 Å². The lowest BCUT2D eigenvalue weighted by Crippen LogP contribution is -2.28. The van der Waals surface area contributed by atoms with Crippen LogP contribution in [0.4, 0.5) is 0 Å². The highest BCUT2D eigenvalue weighted by molar-refractivity contribution is 6.00. The number of carbonyl (C=O) groups is 2. The summed E-state index contributed by atoms with van der Waals surface area (Å²) in [5.41, 5.74) is 3.90. The molecule has 3 aromatic rings. The Labute approximate surface area is 195 Å². The molecule has 0 saturated heterocycles. The zero-order valence-corrected chi connectivity index (χ0v) is 19.5. The third-order valence-electron chi connectivity index (χ3n) is 6.02. The van der Waals surface area contributed by atoms with Gasteiger partial charge in [-0.1, -0.05) is 50.3 Å². The summed E-state index contributed by atoms with van der Waals surface area (Å²) >= 11 is 0. The van der Waals surface area contributed by atoms with E-state index in [4.69, 9.17) is 5.10 Å². The quantitative estimate of drug-likeness (QED) is 0.492. The third-order valence-corrected chi connectivity index (χ3v) is 6.02. The summed E-state index contributed by atoms with van der Waals surface area (Å²) in [7, 11) is 1.78. The minimum absolute atomic E-state index is 0.0941. The molecule has 1 aliphatic rings. The molecule has 0 atom stereocenters. The van der Waals surface area contributed by atoms with Gasteiger partial charge in [0.2, 0.25) is 0 Å². The topological polar surface area (TPSA) is 68.1 Å². The van der Waals surface area contributed by atoms with Gasteiger partial charge in [0, 0.05) is 26.2 Å². The summed E-state index contributed by atoms with van der Waals surface area (Å²) in [4.78, 5) is 32.1. The third kappa shape index (κ3) is 4.80. The second-order valence-electron chi connectivity index (χ2n) is 9.50. The van der Waals surface area contributed by atoms with Crippen LogP contribution >= 0.6 is 0 Å². The first-order chi connectivity index (χ1) is 15.8. The highest BCUT2D eigenvalue weighted by Gasteiger charge is 2.36. The molecule has 0 unspecified atom stereocenters. The van der Waals surface area contributed by atoms with Crippen molar-refractivity contribution in [2.45, 2.75) is 46.1 Å². The average molecular weight is 443 g/mol. The lowest BCUT2D eigenvalue weighted by molar-refractivity contribution is 0.0784. The van der Waals surface area contributed by atoms with Crippen molar-refractivity contribution in [3.63, 3.8) is 0 Å². The van der Waals surface area contributed by atoms with E-state index in [9.17, 15) is 9.59 Å². The van der Waals surface area contributed by atoms with E-state index in [1.165, 1.54) is 0 Å². The first-order valence-electron chi connectivity index (χ1n) is 11.3. The number of pyridine rings is 1. The highest BCUT2D eigenvalue weighted by Crippen LogP contribution is 2.37. The molecule has 1 amide bonds. The second kappa shape index (κ2) is 9.14. The number of amides is 1. The predicted octanol–water partition coefficient (Wildman–Crippen LogP) is 4.81. The van der Waals surface area contributed by atoms with Crippen LogP contribution < -0.4 is 0 Å². The van der Waals surface area contributed by atoms with Crippen molar-refractivity contribution in [1.29, 1.82) is 0 Å². The van der Waals surface area contributed by atoms with Gasteiger partial charge in [0.05, 0.1) is 22.5 Å². The largest absolute Gasteiger partial charge is 0.337 e. The Morgan fingerprint density at radius 3 is 2.61 bits per heavy atom. The molecule has 0 aliphatic heterocycles. The molecule has 6 heteroatoms. The fourth-order valence-electron chi connectivity index (χ4n) is 4.42. The Hall–Kier alpha value is -3.54. The Morgan fingerprint density at radius 2 is 1.94 bits per heavy atom. The van der Waals surface area contributed by atoms with E-state index in [1.54, 1.807) is 35.0 Å². The van der Waals surface area contributed by atoms with Crippen LogP contribution in [0.3, 0.4) is 0 Å². The number of rotatable bonds is 7. The number of nitrogens with zero attached hydrogens (tertiary/aromatic N) is 4. The molecular weight excluding hydrogens is 412 g/mol. The molecule has 2 heterocycles. The van der Waals surface area contributed by atoms with E-state index in [0.717, 1.165) is 35.4 Å². The van der Waals surface area contributed by atoms with Crippen LogP contribution in [0.2, 0.25) is 0 Å². The number of ketones is 1. The standard InChI is InChI=1S/C27H30N4O2/c1-5-6-12-21-25-22(15-27(2,3)16-23(25)32)31(29-21)24-14-13-20(17-28-24)26(33)30(4)18-19-10-8-7-9-11-19/h5,7-11,13-14,17H,1,6,12,15-16,18H2,2-4H3. The summed E-state index contributed by atoms with van der Waals surface area (Å²) in [5.74, 6) is 0.660. The van der Waals surface area contributed by atoms with E-state index >= 15 is 0 Å². The zero-order chi connectivity index (χ0) is 23.6. The van der Waals surface area contributed by atoms with E-state index in [2.05, 4.69) is 25.4 Å². The van der Waals surface area contributed by atoms with Gasteiger partial charge in [-0.25, -0.2) is 9.67 Å². The van der Waals surface area contributed by atoms with Crippen molar-refractivity contribution in [2.24, 2.45) is 5.41 Å². The Kier molecular flexibility index (Phi) is 6.27. The molecule has 33 heavy (non-hydrogen) atoms. The van der Waals surface area contributed by atoms with E-state index < -0.39 is 0 Å². The number of fused-ring (bicyclic) bond motifs is 1. The average Bonchev–Trinajstić information content (AvgIpc) is 3.15. The van der Waals surface area contributed by atoms with Crippen molar-refractivity contribution in [2.75, 3.05) is 7.05 Å². The van der Waals surface area contributed by atoms with Gasteiger partial charge in [0.1, 0.15) is 0 Å². The van der Waals surface area contributed by atoms with Gasteiger partial charge in [0.15, 0.2) is 11.6 Å². The van der Waals surface area contributed by atoms with Gasteiger partial charge in [-0.15, -0.1) is 6.58 Å². The Bertz CT molecular complexity index is 1180. The first-order valence-corrected chi connectivity index (χ1v) is 11.3. The molecule has 0 saturated carbocycles. The number of hydrogen-bond donors (Lipinski definition) is 0. The molecule has 1 aromatic carbocycles. The fourth-order valence-corrected chi connectivity index (χ4v) is 4.42. The molecule has 0 bridgehead atoms. The molecular formula is C27H30N4O2. The van der Waals surface area contributed by atoms with Crippen molar-refractivity contribution >= 4 is 11.7 Å². The van der Waals surface area contributed by atoms with Crippen LogP contribution in [0.5, 0.6) is 0 Å². The minimum atomic E-state index is -0.131. The molecule has 0 radical (unpaired) electrons. The Morgan fingerprint density at radius 1 is 1.18 bits per heavy atom. The lowest BCUT2D eigenvalue weighted by atomic mass is 9.75. The number of Topliss-reactive ketones (excluding diaryl/α,β-unsaturated/α-hetero) is 1. The van der Waals surface area contributed by atoms with Crippen LogP contribution in [-0.2, 0) is 19.4 Å². The lowest BCUT2D eigenvalue weighted by Gasteiger charge is -2.29. The SMILES string of the molecule is C=CCCc1nn(-c2ccc(C(=O)N(C)Cc3ccccc3)cn2)c2c1C(=O)CC(C)(C)C2. The molecule has 1 aliphatic carbocycles. The molecule has 6 nitrogen and oxygen atoms in total. The molecule has 170 valence electrons. The molecule has 4 rings (SSSR count). The minimum Gasteiger partial charge on any atom is -0.337 e. The molecule has 0 spiro atoms. The predicted molar refractivity (Wildman–Crippen MR) is 129 cm³/mol. The number of carbonyl (C=O) groups excluding carboxylic acids is 2. The molecule has 2 aromatic heterocycles. The van der Waals surface area contributed by atoms with Crippen molar-refractivity contribution < 1.29 is 9.59 Å². The summed E-state index contributed by atoms with van der Waals surface area (Å²) in [6.45, 7) is 8.53. The summed E-state index contributed by atoms with van der Waals surface area (Å²) < 4.78 is 1.79. The number of aryl methyl sites for hydroxylation is 1. The van der Waals surface area contributed by atoms with Crippen LogP contribution in [0.25, 0.3) is 5.82 Å². The first kappa shape index (κ1) is 22.6. The maximum Gasteiger partial charge on any atom is 0.255 e. The van der Waals surface area contributed by atoms with E-state index in [1.807, 2.05) is 36.4 Å². The van der Waals surface area contributed by atoms with Crippen LogP contribution in [0.15, 0.2) is 61.3 Å². The molecule has 0 fully saturated rings. The van der Waals surface area contributed by atoms with Gasteiger partial charge in [-0.2, -0.15) is 5.10 Å². The van der Waals surface area contributed by atoms with Gasteiger partial charge >= 0.3 is 0 Å². The van der Waals surface area contributed by atoms with Crippen LogP contribution in [-0.4, -0.2) is 38.4 Å². The normalized spacial score (nSPS) is 14.6. The van der Waals surface area contributed by atoms with Gasteiger partial charge in [-0.05, 0) is 42.4 Å². The second-order valence-corrected chi connectivity index (χ2v) is 9.50. The monoisotopic (exact) mass is 442 g/mol. The number of benzene rings is 1. The summed E-state index contributed by atoms with van der Waals surface area (Å²) in [6, 6.07) is 13.5. The maximum atomic E-state index is 12.9. The van der Waals surface area contributed by atoms with Gasteiger partial charge in [-0.3, -0.25) is 9.59 Å². The van der Waals surface area contributed by atoms with Crippen molar-refractivity contribution in [1.82, 2.24) is 19.7 Å². The van der Waals surface area contributed by atoms with Gasteiger partial charge < -0.3 is 4.90 Å². The smallest absolute Gasteiger partial charge is 0.255 e. The number of hydrogen-bond acceptors (Lipinski definition) is 4. The molecule has 0 N–H and O–H groups in total. The van der Waals surface area contributed by atoms with Crippen LogP contribution in [0.1, 0.15) is 64.4 Å². The maximum absolute atomic E-state index is 12.9. The van der Waals surface area contributed by atoms with E-state index in [0.29, 0.717) is 30.8 Å². The Balaban J connectivity index is 1.62. The summed E-state index contributed by atoms with van der Waals surface area (Å²) in [5, 5.41) is 4.77.